The third-order valence-electron chi connectivity index (χ3n) is 4.37. The Bertz CT molecular complexity index is 864. The predicted octanol–water partition coefficient (Wildman–Crippen LogP) is 4.29. The van der Waals surface area contributed by atoms with Crippen molar-refractivity contribution in [1.29, 1.82) is 0 Å². The fourth-order valence-corrected chi connectivity index (χ4v) is 3.84. The molecular formula is C19H21Cl2N3OS. The number of nitrogens with zero attached hydrogens (tertiary/aromatic N) is 1. The number of amides is 1. The number of para-hydroxylation sites is 1. The summed E-state index contributed by atoms with van der Waals surface area (Å²) in [5, 5.41) is 9.44. The lowest BCUT2D eigenvalue weighted by Gasteiger charge is -2.24. The number of thiophene rings is 1. The Labute approximate surface area is 169 Å². The van der Waals surface area contributed by atoms with E-state index in [9.17, 15) is 4.79 Å². The summed E-state index contributed by atoms with van der Waals surface area (Å²) in [4.78, 5) is 18.7. The molecule has 0 spiro atoms. The molecule has 26 heavy (non-hydrogen) atoms. The molecule has 0 bridgehead atoms. The summed E-state index contributed by atoms with van der Waals surface area (Å²) >= 11 is 1.64. The molecule has 1 saturated heterocycles. The van der Waals surface area contributed by atoms with Gasteiger partial charge in [-0.2, -0.15) is 0 Å². The number of pyridine rings is 1. The zero-order valence-electron chi connectivity index (χ0n) is 14.1. The Hall–Kier alpha value is -1.66. The number of piperidine rings is 1. The molecule has 1 aromatic carbocycles. The third-order valence-corrected chi connectivity index (χ3v) is 5.26. The largest absolute Gasteiger partial charge is 0.348 e. The summed E-state index contributed by atoms with van der Waals surface area (Å²) in [6.45, 7) is 1.87. The highest BCUT2D eigenvalue weighted by Crippen LogP contribution is 2.28. The van der Waals surface area contributed by atoms with Crippen molar-refractivity contribution < 1.29 is 4.79 Å². The van der Waals surface area contributed by atoms with Crippen LogP contribution < -0.4 is 10.6 Å². The number of carbonyl (C=O) groups excluding carboxylic acids is 1. The van der Waals surface area contributed by atoms with Crippen LogP contribution in [0.25, 0.3) is 21.5 Å². The van der Waals surface area contributed by atoms with Crippen LogP contribution in [-0.4, -0.2) is 30.0 Å². The zero-order chi connectivity index (χ0) is 16.4. The number of carbonyl (C=O) groups is 1. The van der Waals surface area contributed by atoms with Gasteiger partial charge in [-0.1, -0.05) is 24.3 Å². The lowest BCUT2D eigenvalue weighted by molar-refractivity contribution is 0.0932. The summed E-state index contributed by atoms with van der Waals surface area (Å²) < 4.78 is 0. The molecular weight excluding hydrogens is 389 g/mol. The number of rotatable bonds is 3. The smallest absolute Gasteiger partial charge is 0.252 e. The van der Waals surface area contributed by atoms with Crippen molar-refractivity contribution in [2.24, 2.45) is 0 Å². The summed E-state index contributed by atoms with van der Waals surface area (Å²) in [5.41, 5.74) is 2.42. The Morgan fingerprint density at radius 3 is 2.77 bits per heavy atom. The molecule has 1 unspecified atom stereocenters. The summed E-state index contributed by atoms with van der Waals surface area (Å²) in [6.07, 6.45) is 2.13. The standard InChI is InChI=1S/C19H19N3OS.2ClH/c23-19(21-13-5-3-9-20-12-13)15-11-17(18-8-4-10-24-18)22-16-7-2-1-6-14(15)16;;/h1-2,4,6-8,10-11,13,20H,3,5,9,12H2,(H,21,23);2*1H. The Kier molecular flexibility index (Phi) is 7.41. The van der Waals surface area contributed by atoms with Crippen LogP contribution in [0.3, 0.4) is 0 Å². The minimum absolute atomic E-state index is 0. The Morgan fingerprint density at radius 1 is 1.19 bits per heavy atom. The molecule has 1 fully saturated rings. The topological polar surface area (TPSA) is 54.0 Å². The highest BCUT2D eigenvalue weighted by Gasteiger charge is 2.19. The van der Waals surface area contributed by atoms with Gasteiger partial charge in [0.25, 0.3) is 5.91 Å². The maximum atomic E-state index is 12.9. The molecule has 1 amide bonds. The summed E-state index contributed by atoms with van der Waals surface area (Å²) in [5.74, 6) is -0.0138. The molecule has 2 N–H and O–H groups in total. The number of aromatic nitrogens is 1. The molecule has 1 aliphatic rings. The van der Waals surface area contributed by atoms with E-state index in [1.165, 1.54) is 0 Å². The van der Waals surface area contributed by atoms with Gasteiger partial charge in [0.2, 0.25) is 0 Å². The molecule has 4 rings (SSSR count). The lowest BCUT2D eigenvalue weighted by atomic mass is 10.0. The molecule has 4 nitrogen and oxygen atoms in total. The van der Waals surface area contributed by atoms with Gasteiger partial charge in [-0.25, -0.2) is 4.98 Å². The van der Waals surface area contributed by atoms with E-state index in [-0.39, 0.29) is 36.8 Å². The van der Waals surface area contributed by atoms with Crippen molar-refractivity contribution >= 4 is 53.0 Å². The van der Waals surface area contributed by atoms with Crippen LogP contribution in [0.5, 0.6) is 0 Å². The highest BCUT2D eigenvalue weighted by molar-refractivity contribution is 7.13. The van der Waals surface area contributed by atoms with Gasteiger partial charge in [-0.3, -0.25) is 4.79 Å². The van der Waals surface area contributed by atoms with Crippen LogP contribution in [-0.2, 0) is 0 Å². The molecule has 138 valence electrons. The highest BCUT2D eigenvalue weighted by atomic mass is 35.5. The van der Waals surface area contributed by atoms with E-state index in [2.05, 4.69) is 10.6 Å². The zero-order valence-corrected chi connectivity index (χ0v) is 16.6. The van der Waals surface area contributed by atoms with Crippen LogP contribution in [0.2, 0.25) is 0 Å². The Balaban J connectivity index is 0.00000121. The fraction of sp³-hybridized carbons (Fsp3) is 0.263. The molecule has 0 radical (unpaired) electrons. The number of fused-ring (bicyclic) bond motifs is 1. The van der Waals surface area contributed by atoms with Gasteiger partial charge in [-0.05, 0) is 43.0 Å². The molecule has 3 heterocycles. The van der Waals surface area contributed by atoms with Gasteiger partial charge < -0.3 is 10.6 Å². The fourth-order valence-electron chi connectivity index (χ4n) is 3.15. The first-order chi connectivity index (χ1) is 11.8. The lowest BCUT2D eigenvalue weighted by Crippen LogP contribution is -2.45. The van der Waals surface area contributed by atoms with Crippen molar-refractivity contribution in [3.63, 3.8) is 0 Å². The van der Waals surface area contributed by atoms with E-state index in [1.807, 2.05) is 47.8 Å². The van der Waals surface area contributed by atoms with E-state index in [0.717, 1.165) is 47.4 Å². The van der Waals surface area contributed by atoms with Gasteiger partial charge in [0, 0.05) is 18.0 Å². The molecule has 2 aromatic heterocycles. The van der Waals surface area contributed by atoms with Crippen molar-refractivity contribution in [2.75, 3.05) is 13.1 Å². The second kappa shape index (κ2) is 9.33. The van der Waals surface area contributed by atoms with Gasteiger partial charge in [0.15, 0.2) is 0 Å². The minimum Gasteiger partial charge on any atom is -0.348 e. The van der Waals surface area contributed by atoms with Gasteiger partial charge in [0.05, 0.1) is 21.7 Å². The van der Waals surface area contributed by atoms with Gasteiger partial charge in [-0.15, -0.1) is 36.2 Å². The predicted molar refractivity (Wildman–Crippen MR) is 113 cm³/mol. The quantitative estimate of drug-likeness (QED) is 0.678. The monoisotopic (exact) mass is 409 g/mol. The molecule has 3 aromatic rings. The first-order valence-corrected chi connectivity index (χ1v) is 9.14. The first kappa shape index (κ1) is 20.6. The maximum absolute atomic E-state index is 12.9. The van der Waals surface area contributed by atoms with Crippen LogP contribution in [0.15, 0.2) is 47.8 Å². The van der Waals surface area contributed by atoms with Gasteiger partial charge in [0.1, 0.15) is 0 Å². The average molecular weight is 410 g/mol. The minimum atomic E-state index is -0.0138. The van der Waals surface area contributed by atoms with E-state index in [1.54, 1.807) is 11.3 Å². The average Bonchev–Trinajstić information content (AvgIpc) is 3.16. The van der Waals surface area contributed by atoms with Crippen molar-refractivity contribution in [2.45, 2.75) is 18.9 Å². The van der Waals surface area contributed by atoms with E-state index in [4.69, 9.17) is 4.98 Å². The number of benzene rings is 1. The third kappa shape index (κ3) is 4.35. The van der Waals surface area contributed by atoms with Crippen LogP contribution in [0, 0.1) is 0 Å². The normalized spacial score (nSPS) is 16.4. The number of halogens is 2. The molecule has 7 heteroatoms. The van der Waals surface area contributed by atoms with Crippen molar-refractivity contribution in [3.8, 4) is 10.6 Å². The van der Waals surface area contributed by atoms with E-state index < -0.39 is 0 Å². The van der Waals surface area contributed by atoms with Crippen LogP contribution in [0.1, 0.15) is 23.2 Å². The Morgan fingerprint density at radius 2 is 2.04 bits per heavy atom. The summed E-state index contributed by atoms with van der Waals surface area (Å²) in [7, 11) is 0. The summed E-state index contributed by atoms with van der Waals surface area (Å²) in [6, 6.07) is 14.0. The van der Waals surface area contributed by atoms with Crippen molar-refractivity contribution in [3.05, 3.63) is 53.4 Å². The number of nitrogens with one attached hydrogen (secondary N) is 2. The molecule has 0 saturated carbocycles. The van der Waals surface area contributed by atoms with E-state index >= 15 is 0 Å². The molecule has 1 aliphatic heterocycles. The molecule has 1 atom stereocenters. The first-order valence-electron chi connectivity index (χ1n) is 8.26. The van der Waals surface area contributed by atoms with Crippen LogP contribution >= 0.6 is 36.2 Å². The maximum Gasteiger partial charge on any atom is 0.252 e. The molecule has 0 aliphatic carbocycles. The SMILES string of the molecule is Cl.Cl.O=C(NC1CCCNC1)c1cc(-c2cccs2)nc2ccccc12. The van der Waals surface area contributed by atoms with Crippen molar-refractivity contribution in [1.82, 2.24) is 15.6 Å². The van der Waals surface area contributed by atoms with Crippen LogP contribution in [0.4, 0.5) is 0 Å². The second-order valence-electron chi connectivity index (χ2n) is 6.07. The van der Waals surface area contributed by atoms with E-state index in [0.29, 0.717) is 5.56 Å². The second-order valence-corrected chi connectivity index (χ2v) is 7.01. The number of hydrogen-bond donors (Lipinski definition) is 2. The van der Waals surface area contributed by atoms with Gasteiger partial charge >= 0.3 is 0 Å². The number of hydrogen-bond acceptors (Lipinski definition) is 4.